The van der Waals surface area contributed by atoms with Crippen LogP contribution < -0.4 is 19.6 Å². The summed E-state index contributed by atoms with van der Waals surface area (Å²) in [6, 6.07) is 10.8. The van der Waals surface area contributed by atoms with Crippen LogP contribution in [0.15, 0.2) is 46.0 Å². The summed E-state index contributed by atoms with van der Waals surface area (Å²) in [5, 5.41) is 3.99. The standard InChI is InChI=1S/C18H19BrN2O4/c1-23-14-6-4-12(5-7-14)8-18(22)21-20-11-13-9-15(19)17(25-3)10-16(13)24-2/h4-7,9-11H,8H2,1-3H3,(H,21,22)/b20-11-. The number of nitrogens with one attached hydrogen (secondary N) is 1. The second kappa shape index (κ2) is 9.08. The van der Waals surface area contributed by atoms with Gasteiger partial charge in [-0.2, -0.15) is 5.10 Å². The number of benzene rings is 2. The summed E-state index contributed by atoms with van der Waals surface area (Å²) in [4.78, 5) is 12.0. The number of amides is 1. The first kappa shape index (κ1) is 18.8. The molecule has 0 bridgehead atoms. The molecule has 132 valence electrons. The van der Waals surface area contributed by atoms with Crippen molar-refractivity contribution in [2.75, 3.05) is 21.3 Å². The molecule has 2 aromatic rings. The van der Waals surface area contributed by atoms with Crippen LogP contribution in [0.4, 0.5) is 0 Å². The minimum atomic E-state index is -0.215. The molecule has 2 aromatic carbocycles. The third kappa shape index (κ3) is 5.22. The molecule has 0 aliphatic carbocycles. The van der Waals surface area contributed by atoms with Gasteiger partial charge in [0.15, 0.2) is 0 Å². The normalized spacial score (nSPS) is 10.6. The van der Waals surface area contributed by atoms with Gasteiger partial charge in [0, 0.05) is 11.6 Å². The maximum Gasteiger partial charge on any atom is 0.244 e. The quantitative estimate of drug-likeness (QED) is 0.566. The van der Waals surface area contributed by atoms with Crippen molar-refractivity contribution in [3.8, 4) is 17.2 Å². The van der Waals surface area contributed by atoms with Gasteiger partial charge >= 0.3 is 0 Å². The fraction of sp³-hybridized carbons (Fsp3) is 0.222. The molecule has 0 saturated heterocycles. The van der Waals surface area contributed by atoms with E-state index in [0.29, 0.717) is 17.1 Å². The molecule has 0 spiro atoms. The van der Waals surface area contributed by atoms with Gasteiger partial charge in [-0.15, -0.1) is 0 Å². The van der Waals surface area contributed by atoms with Crippen molar-refractivity contribution in [1.82, 2.24) is 5.43 Å². The predicted molar refractivity (Wildman–Crippen MR) is 99.7 cm³/mol. The molecule has 0 heterocycles. The van der Waals surface area contributed by atoms with Crippen LogP contribution >= 0.6 is 15.9 Å². The number of rotatable bonds is 7. The van der Waals surface area contributed by atoms with E-state index in [1.165, 1.54) is 6.21 Å². The molecular formula is C18H19BrN2O4. The zero-order chi connectivity index (χ0) is 18.2. The molecule has 0 unspecified atom stereocenters. The van der Waals surface area contributed by atoms with Crippen LogP contribution in [0, 0.1) is 0 Å². The Balaban J connectivity index is 1.99. The number of nitrogens with zero attached hydrogens (tertiary/aromatic N) is 1. The lowest BCUT2D eigenvalue weighted by molar-refractivity contribution is -0.120. The van der Waals surface area contributed by atoms with Crippen LogP contribution in [0.2, 0.25) is 0 Å². The molecule has 25 heavy (non-hydrogen) atoms. The Kier molecular flexibility index (Phi) is 6.82. The molecule has 1 N–H and O–H groups in total. The number of hydrogen-bond donors (Lipinski definition) is 1. The molecule has 1 amide bonds. The topological polar surface area (TPSA) is 69.2 Å². The highest BCUT2D eigenvalue weighted by molar-refractivity contribution is 9.10. The number of carbonyl (C=O) groups excluding carboxylic acids is 1. The van der Waals surface area contributed by atoms with Gasteiger partial charge in [0.2, 0.25) is 5.91 Å². The van der Waals surface area contributed by atoms with E-state index in [9.17, 15) is 4.79 Å². The van der Waals surface area contributed by atoms with E-state index in [0.717, 1.165) is 15.8 Å². The van der Waals surface area contributed by atoms with E-state index in [4.69, 9.17) is 14.2 Å². The Morgan fingerprint density at radius 1 is 1.08 bits per heavy atom. The number of hydrazone groups is 1. The number of carbonyl (C=O) groups is 1. The van der Waals surface area contributed by atoms with E-state index in [1.54, 1.807) is 33.5 Å². The first-order valence-corrected chi connectivity index (χ1v) is 8.23. The highest BCUT2D eigenvalue weighted by Crippen LogP contribution is 2.31. The number of halogens is 1. The van der Waals surface area contributed by atoms with Gasteiger partial charge in [-0.05, 0) is 39.7 Å². The van der Waals surface area contributed by atoms with Crippen LogP contribution in [0.25, 0.3) is 0 Å². The summed E-state index contributed by atoms with van der Waals surface area (Å²) in [6.45, 7) is 0. The third-order valence-corrected chi connectivity index (χ3v) is 4.04. The maximum absolute atomic E-state index is 12.0. The van der Waals surface area contributed by atoms with Gasteiger partial charge in [-0.25, -0.2) is 5.43 Å². The van der Waals surface area contributed by atoms with E-state index >= 15 is 0 Å². The average molecular weight is 407 g/mol. The van der Waals surface area contributed by atoms with Crippen LogP contribution in [0.1, 0.15) is 11.1 Å². The Labute approximate surface area is 154 Å². The second-order valence-corrected chi connectivity index (χ2v) is 5.90. The monoisotopic (exact) mass is 406 g/mol. The van der Waals surface area contributed by atoms with Gasteiger partial charge in [-0.3, -0.25) is 4.79 Å². The zero-order valence-electron chi connectivity index (χ0n) is 14.2. The minimum Gasteiger partial charge on any atom is -0.497 e. The van der Waals surface area contributed by atoms with E-state index in [2.05, 4.69) is 26.5 Å². The predicted octanol–water partition coefficient (Wildman–Crippen LogP) is 3.17. The van der Waals surface area contributed by atoms with E-state index in [1.807, 2.05) is 24.3 Å². The molecule has 0 saturated carbocycles. The first-order valence-electron chi connectivity index (χ1n) is 7.43. The van der Waals surface area contributed by atoms with Gasteiger partial charge < -0.3 is 14.2 Å². The maximum atomic E-state index is 12.0. The molecule has 0 radical (unpaired) electrons. The Morgan fingerprint density at radius 2 is 1.76 bits per heavy atom. The Hall–Kier alpha value is -2.54. The van der Waals surface area contributed by atoms with Crippen molar-refractivity contribution < 1.29 is 19.0 Å². The van der Waals surface area contributed by atoms with E-state index in [-0.39, 0.29) is 12.3 Å². The molecule has 7 heteroatoms. The van der Waals surface area contributed by atoms with Gasteiger partial charge in [0.1, 0.15) is 17.2 Å². The summed E-state index contributed by atoms with van der Waals surface area (Å²) in [7, 11) is 4.73. The highest BCUT2D eigenvalue weighted by Gasteiger charge is 2.08. The lowest BCUT2D eigenvalue weighted by Gasteiger charge is -2.09. The van der Waals surface area contributed by atoms with Gasteiger partial charge in [0.25, 0.3) is 0 Å². The zero-order valence-corrected chi connectivity index (χ0v) is 15.8. The Morgan fingerprint density at radius 3 is 2.36 bits per heavy atom. The summed E-state index contributed by atoms with van der Waals surface area (Å²) in [6.07, 6.45) is 1.75. The molecule has 0 fully saturated rings. The minimum absolute atomic E-state index is 0.215. The fourth-order valence-electron chi connectivity index (χ4n) is 2.13. The summed E-state index contributed by atoms with van der Waals surface area (Å²) in [5.41, 5.74) is 4.09. The van der Waals surface area contributed by atoms with Crippen LogP contribution in [-0.4, -0.2) is 33.5 Å². The molecule has 0 aliphatic heterocycles. The van der Waals surface area contributed by atoms with Crippen molar-refractivity contribution in [3.63, 3.8) is 0 Å². The van der Waals surface area contributed by atoms with Crippen molar-refractivity contribution in [2.24, 2.45) is 5.10 Å². The largest absolute Gasteiger partial charge is 0.497 e. The van der Waals surface area contributed by atoms with Crippen molar-refractivity contribution >= 4 is 28.1 Å². The molecular weight excluding hydrogens is 388 g/mol. The molecule has 0 aromatic heterocycles. The Bertz CT molecular complexity index is 760. The van der Waals surface area contributed by atoms with Gasteiger partial charge in [-0.1, -0.05) is 12.1 Å². The van der Waals surface area contributed by atoms with Crippen LogP contribution in [-0.2, 0) is 11.2 Å². The number of hydrogen-bond acceptors (Lipinski definition) is 5. The lowest BCUT2D eigenvalue weighted by Crippen LogP contribution is -2.19. The summed E-state index contributed by atoms with van der Waals surface area (Å²) in [5.74, 6) is 1.78. The SMILES string of the molecule is COc1ccc(CC(=O)N/N=C\c2cc(Br)c(OC)cc2OC)cc1. The van der Waals surface area contributed by atoms with Crippen molar-refractivity contribution in [2.45, 2.75) is 6.42 Å². The average Bonchev–Trinajstić information content (AvgIpc) is 2.62. The first-order chi connectivity index (χ1) is 12.1. The lowest BCUT2D eigenvalue weighted by atomic mass is 10.1. The van der Waals surface area contributed by atoms with Crippen LogP contribution in [0.3, 0.4) is 0 Å². The second-order valence-electron chi connectivity index (χ2n) is 5.05. The molecule has 0 aliphatic rings. The molecule has 6 nitrogen and oxygen atoms in total. The summed E-state index contributed by atoms with van der Waals surface area (Å²) < 4.78 is 16.4. The fourth-order valence-corrected chi connectivity index (χ4v) is 2.65. The highest BCUT2D eigenvalue weighted by atomic mass is 79.9. The summed E-state index contributed by atoms with van der Waals surface area (Å²) >= 11 is 3.41. The van der Waals surface area contributed by atoms with E-state index < -0.39 is 0 Å². The number of ether oxygens (including phenoxy) is 3. The smallest absolute Gasteiger partial charge is 0.244 e. The number of methoxy groups -OCH3 is 3. The van der Waals surface area contributed by atoms with Crippen molar-refractivity contribution in [3.05, 3.63) is 52.0 Å². The van der Waals surface area contributed by atoms with Crippen LogP contribution in [0.5, 0.6) is 17.2 Å². The van der Waals surface area contributed by atoms with Gasteiger partial charge in [0.05, 0.1) is 38.4 Å². The molecule has 0 atom stereocenters. The van der Waals surface area contributed by atoms with Crippen molar-refractivity contribution in [1.29, 1.82) is 0 Å². The molecule has 2 rings (SSSR count). The third-order valence-electron chi connectivity index (χ3n) is 3.42.